The summed E-state index contributed by atoms with van der Waals surface area (Å²) in [5.74, 6) is -0.514. The molecular formula is C20H15N3O3S. The van der Waals surface area contributed by atoms with Crippen molar-refractivity contribution in [3.63, 3.8) is 0 Å². The fraction of sp³-hybridized carbons (Fsp3) is 0.100. The van der Waals surface area contributed by atoms with E-state index in [0.717, 1.165) is 20.8 Å². The molecule has 0 radical (unpaired) electrons. The van der Waals surface area contributed by atoms with Gasteiger partial charge in [-0.2, -0.15) is 0 Å². The predicted molar refractivity (Wildman–Crippen MR) is 105 cm³/mol. The number of hydrogen-bond donors (Lipinski definition) is 0. The minimum Gasteiger partial charge on any atom is -0.456 e. The molecule has 0 unspecified atom stereocenters. The molecule has 0 saturated heterocycles. The molecular weight excluding hydrogens is 362 g/mol. The minimum atomic E-state index is -0.514. The quantitative estimate of drug-likeness (QED) is 0.403. The van der Waals surface area contributed by atoms with Crippen molar-refractivity contribution >= 4 is 39.2 Å². The van der Waals surface area contributed by atoms with Crippen LogP contribution in [0.3, 0.4) is 0 Å². The Kier molecular flexibility index (Phi) is 4.52. The molecule has 0 amide bonds. The van der Waals surface area contributed by atoms with Crippen molar-refractivity contribution < 1.29 is 9.53 Å². The molecule has 3 aromatic heterocycles. The van der Waals surface area contributed by atoms with Gasteiger partial charge in [0.1, 0.15) is 17.3 Å². The number of hydrogen-bond acceptors (Lipinski definition) is 6. The van der Waals surface area contributed by atoms with Gasteiger partial charge in [0.05, 0.1) is 15.9 Å². The van der Waals surface area contributed by atoms with Crippen LogP contribution in [0.25, 0.3) is 21.9 Å². The zero-order valence-corrected chi connectivity index (χ0v) is 15.3. The van der Waals surface area contributed by atoms with Gasteiger partial charge in [0, 0.05) is 18.3 Å². The SMILES string of the molecule is Cc1ccc2nc(COC(=O)C=Cc3nc4ccccc4s3)cc(=O)n2c1. The number of carbonyl (C=O) groups excluding carboxylic acids is 1. The number of thiazole rings is 1. The third kappa shape index (κ3) is 3.78. The summed E-state index contributed by atoms with van der Waals surface area (Å²) < 4.78 is 7.71. The van der Waals surface area contributed by atoms with Crippen molar-refractivity contribution in [1.29, 1.82) is 0 Å². The molecule has 0 fully saturated rings. The van der Waals surface area contributed by atoms with Crippen LogP contribution in [0, 0.1) is 6.92 Å². The first kappa shape index (κ1) is 17.1. The highest BCUT2D eigenvalue weighted by Gasteiger charge is 2.06. The number of carbonyl (C=O) groups is 1. The molecule has 0 saturated carbocycles. The summed E-state index contributed by atoms with van der Waals surface area (Å²) in [6.45, 7) is 1.84. The molecule has 0 N–H and O–H groups in total. The van der Waals surface area contributed by atoms with Crippen LogP contribution in [0.1, 0.15) is 16.3 Å². The first-order chi connectivity index (χ1) is 13.1. The first-order valence-electron chi connectivity index (χ1n) is 8.28. The summed E-state index contributed by atoms with van der Waals surface area (Å²) in [5.41, 5.74) is 2.58. The highest BCUT2D eigenvalue weighted by molar-refractivity contribution is 7.19. The Bertz CT molecular complexity index is 1210. The van der Waals surface area contributed by atoms with Crippen molar-refractivity contribution in [2.75, 3.05) is 0 Å². The van der Waals surface area contributed by atoms with Crippen molar-refractivity contribution in [2.24, 2.45) is 0 Å². The van der Waals surface area contributed by atoms with E-state index in [1.165, 1.54) is 27.9 Å². The van der Waals surface area contributed by atoms with Gasteiger partial charge in [0.15, 0.2) is 0 Å². The van der Waals surface area contributed by atoms with E-state index in [1.807, 2.05) is 37.3 Å². The number of para-hydroxylation sites is 1. The molecule has 134 valence electrons. The molecule has 4 rings (SSSR count). The molecule has 4 aromatic rings. The number of rotatable bonds is 4. The van der Waals surface area contributed by atoms with E-state index in [0.29, 0.717) is 11.3 Å². The molecule has 3 heterocycles. The predicted octanol–water partition coefficient (Wildman–Crippen LogP) is 3.37. The molecule has 0 aliphatic rings. The summed E-state index contributed by atoms with van der Waals surface area (Å²) in [4.78, 5) is 32.9. The maximum atomic E-state index is 12.2. The molecule has 0 bridgehead atoms. The lowest BCUT2D eigenvalue weighted by atomic mass is 10.3. The first-order valence-corrected chi connectivity index (χ1v) is 9.09. The monoisotopic (exact) mass is 377 g/mol. The standard InChI is InChI=1S/C20H15N3O3S/c1-13-6-7-17-21-14(10-19(24)23(17)11-13)12-26-20(25)9-8-18-22-15-4-2-3-5-16(15)27-18/h2-11H,12H2,1H3. The molecule has 1 aromatic carbocycles. The maximum absolute atomic E-state index is 12.2. The van der Waals surface area contributed by atoms with Crippen LogP contribution in [-0.4, -0.2) is 20.3 Å². The number of aromatic nitrogens is 3. The highest BCUT2D eigenvalue weighted by atomic mass is 32.1. The van der Waals surface area contributed by atoms with Gasteiger partial charge in [-0.05, 0) is 36.8 Å². The van der Waals surface area contributed by atoms with E-state index < -0.39 is 5.97 Å². The fourth-order valence-corrected chi connectivity index (χ4v) is 3.50. The van der Waals surface area contributed by atoms with Gasteiger partial charge in [-0.25, -0.2) is 14.8 Å². The lowest BCUT2D eigenvalue weighted by Gasteiger charge is -2.05. The van der Waals surface area contributed by atoms with Gasteiger partial charge in [-0.1, -0.05) is 18.2 Å². The van der Waals surface area contributed by atoms with E-state index >= 15 is 0 Å². The van der Waals surface area contributed by atoms with E-state index in [4.69, 9.17) is 4.74 Å². The van der Waals surface area contributed by atoms with Gasteiger partial charge >= 0.3 is 5.97 Å². The number of fused-ring (bicyclic) bond motifs is 2. The lowest BCUT2D eigenvalue weighted by Crippen LogP contribution is -2.16. The number of aryl methyl sites for hydroxylation is 1. The number of nitrogens with zero attached hydrogens (tertiary/aromatic N) is 3. The number of ether oxygens (including phenoxy) is 1. The van der Waals surface area contributed by atoms with Crippen LogP contribution < -0.4 is 5.56 Å². The minimum absolute atomic E-state index is 0.0668. The topological polar surface area (TPSA) is 73.6 Å². The van der Waals surface area contributed by atoms with Crippen LogP contribution in [0.15, 0.2) is 59.5 Å². The zero-order valence-electron chi connectivity index (χ0n) is 14.5. The summed E-state index contributed by atoms with van der Waals surface area (Å²) in [6.07, 6.45) is 4.68. The Morgan fingerprint density at radius 3 is 2.93 bits per heavy atom. The van der Waals surface area contributed by atoms with Crippen molar-refractivity contribution in [3.8, 4) is 0 Å². The van der Waals surface area contributed by atoms with Gasteiger partial charge in [-0.15, -0.1) is 11.3 Å². The molecule has 0 aliphatic heterocycles. The Labute approximate surface area is 158 Å². The maximum Gasteiger partial charge on any atom is 0.331 e. The van der Waals surface area contributed by atoms with E-state index in [9.17, 15) is 9.59 Å². The van der Waals surface area contributed by atoms with Crippen LogP contribution in [-0.2, 0) is 16.1 Å². The van der Waals surface area contributed by atoms with Crippen LogP contribution in [0.5, 0.6) is 0 Å². The Hall–Kier alpha value is -3.32. The molecule has 0 aliphatic carbocycles. The van der Waals surface area contributed by atoms with Gasteiger partial charge < -0.3 is 4.74 Å². The zero-order chi connectivity index (χ0) is 18.8. The second-order valence-corrected chi connectivity index (χ2v) is 7.04. The van der Waals surface area contributed by atoms with E-state index in [2.05, 4.69) is 9.97 Å². The second kappa shape index (κ2) is 7.13. The summed E-state index contributed by atoms with van der Waals surface area (Å²) in [7, 11) is 0. The molecule has 0 atom stereocenters. The normalized spacial score (nSPS) is 11.4. The smallest absolute Gasteiger partial charge is 0.331 e. The van der Waals surface area contributed by atoms with Gasteiger partial charge in [0.25, 0.3) is 5.56 Å². The highest BCUT2D eigenvalue weighted by Crippen LogP contribution is 2.22. The van der Waals surface area contributed by atoms with Crippen molar-refractivity contribution in [2.45, 2.75) is 13.5 Å². The Balaban J connectivity index is 1.45. The fourth-order valence-electron chi connectivity index (χ4n) is 2.63. The van der Waals surface area contributed by atoms with Crippen LogP contribution in [0.2, 0.25) is 0 Å². The van der Waals surface area contributed by atoms with Crippen molar-refractivity contribution in [3.05, 3.63) is 81.4 Å². The Morgan fingerprint density at radius 1 is 1.22 bits per heavy atom. The molecule has 6 nitrogen and oxygen atoms in total. The average molecular weight is 377 g/mol. The van der Waals surface area contributed by atoms with Crippen LogP contribution in [0.4, 0.5) is 0 Å². The molecule has 7 heteroatoms. The third-order valence-corrected chi connectivity index (χ3v) is 4.90. The van der Waals surface area contributed by atoms with Gasteiger partial charge in [-0.3, -0.25) is 9.20 Å². The third-order valence-electron chi connectivity index (χ3n) is 3.90. The van der Waals surface area contributed by atoms with Crippen LogP contribution >= 0.6 is 11.3 Å². The van der Waals surface area contributed by atoms with Crippen molar-refractivity contribution in [1.82, 2.24) is 14.4 Å². The molecule has 0 spiro atoms. The average Bonchev–Trinajstić information content (AvgIpc) is 3.08. The van der Waals surface area contributed by atoms with Gasteiger partial charge in [0.2, 0.25) is 0 Å². The van der Waals surface area contributed by atoms with E-state index in [-0.39, 0.29) is 12.2 Å². The Morgan fingerprint density at radius 2 is 2.07 bits per heavy atom. The lowest BCUT2D eigenvalue weighted by molar-refractivity contribution is -0.139. The largest absolute Gasteiger partial charge is 0.456 e. The second-order valence-electron chi connectivity index (χ2n) is 5.98. The number of pyridine rings is 1. The summed E-state index contributed by atoms with van der Waals surface area (Å²) >= 11 is 1.50. The molecule has 27 heavy (non-hydrogen) atoms. The number of esters is 1. The summed E-state index contributed by atoms with van der Waals surface area (Å²) in [6, 6.07) is 12.8. The summed E-state index contributed by atoms with van der Waals surface area (Å²) in [5, 5.41) is 0.727. The number of benzene rings is 1. The van der Waals surface area contributed by atoms with E-state index in [1.54, 1.807) is 18.3 Å².